The van der Waals surface area contributed by atoms with E-state index >= 15 is 0 Å². The SMILES string of the molecule is Cc1cc([N+](=O)[O-])c(C)cc1-n1nnnc1CNC(C)C. The molecule has 8 heteroatoms. The van der Waals surface area contributed by atoms with Crippen molar-refractivity contribution in [2.24, 2.45) is 0 Å². The maximum Gasteiger partial charge on any atom is 0.272 e. The molecule has 0 spiro atoms. The molecule has 1 aromatic carbocycles. The zero-order valence-corrected chi connectivity index (χ0v) is 12.5. The molecule has 0 radical (unpaired) electrons. The summed E-state index contributed by atoms with van der Waals surface area (Å²) >= 11 is 0. The van der Waals surface area contributed by atoms with Crippen molar-refractivity contribution in [2.75, 3.05) is 0 Å². The Hall–Kier alpha value is -2.35. The van der Waals surface area contributed by atoms with Gasteiger partial charge in [0.2, 0.25) is 0 Å². The summed E-state index contributed by atoms with van der Waals surface area (Å²) in [6, 6.07) is 3.60. The maximum atomic E-state index is 11.0. The molecular formula is C13H18N6O2. The smallest absolute Gasteiger partial charge is 0.272 e. The van der Waals surface area contributed by atoms with E-state index in [-0.39, 0.29) is 10.6 Å². The third kappa shape index (κ3) is 3.22. The van der Waals surface area contributed by atoms with Crippen molar-refractivity contribution in [3.8, 4) is 5.69 Å². The fourth-order valence-corrected chi connectivity index (χ4v) is 2.01. The number of rotatable bonds is 5. The van der Waals surface area contributed by atoms with E-state index in [0.29, 0.717) is 24.0 Å². The van der Waals surface area contributed by atoms with Crippen LogP contribution in [0.4, 0.5) is 5.69 Å². The van der Waals surface area contributed by atoms with Crippen LogP contribution in [0, 0.1) is 24.0 Å². The molecule has 2 aromatic rings. The van der Waals surface area contributed by atoms with Gasteiger partial charge >= 0.3 is 0 Å². The van der Waals surface area contributed by atoms with Crippen LogP contribution < -0.4 is 5.32 Å². The molecule has 0 aliphatic heterocycles. The topological polar surface area (TPSA) is 98.8 Å². The second-order valence-corrected chi connectivity index (χ2v) is 5.22. The molecule has 1 aromatic heterocycles. The van der Waals surface area contributed by atoms with Gasteiger partial charge in [-0.3, -0.25) is 10.1 Å². The monoisotopic (exact) mass is 290 g/mol. The minimum atomic E-state index is -0.382. The quantitative estimate of drug-likeness (QED) is 0.664. The van der Waals surface area contributed by atoms with Crippen molar-refractivity contribution in [2.45, 2.75) is 40.3 Å². The third-order valence-corrected chi connectivity index (χ3v) is 3.14. The van der Waals surface area contributed by atoms with E-state index in [1.807, 2.05) is 20.8 Å². The Morgan fingerprint density at radius 2 is 2.05 bits per heavy atom. The van der Waals surface area contributed by atoms with Gasteiger partial charge in [0, 0.05) is 17.7 Å². The van der Waals surface area contributed by atoms with Crippen molar-refractivity contribution in [3.63, 3.8) is 0 Å². The summed E-state index contributed by atoms with van der Waals surface area (Å²) in [7, 11) is 0. The van der Waals surface area contributed by atoms with Gasteiger partial charge in [-0.2, -0.15) is 4.68 Å². The van der Waals surface area contributed by atoms with Crippen LogP contribution in [0.25, 0.3) is 5.69 Å². The Labute approximate surface area is 122 Å². The van der Waals surface area contributed by atoms with Gasteiger partial charge in [-0.05, 0) is 35.9 Å². The minimum Gasteiger partial charge on any atom is -0.308 e. The summed E-state index contributed by atoms with van der Waals surface area (Å²) in [6.45, 7) is 8.12. The number of nitro groups is 1. The predicted molar refractivity (Wildman–Crippen MR) is 77.3 cm³/mol. The van der Waals surface area contributed by atoms with Crippen molar-refractivity contribution in [1.29, 1.82) is 0 Å². The van der Waals surface area contributed by atoms with E-state index in [4.69, 9.17) is 0 Å². The van der Waals surface area contributed by atoms with Crippen molar-refractivity contribution >= 4 is 5.69 Å². The van der Waals surface area contributed by atoms with Crippen LogP contribution in [0.15, 0.2) is 12.1 Å². The molecule has 1 heterocycles. The van der Waals surface area contributed by atoms with E-state index in [1.165, 1.54) is 0 Å². The number of nitrogens with one attached hydrogen (secondary N) is 1. The van der Waals surface area contributed by atoms with E-state index in [1.54, 1.807) is 23.7 Å². The van der Waals surface area contributed by atoms with Gasteiger partial charge in [0.15, 0.2) is 5.82 Å². The number of hydrogen-bond acceptors (Lipinski definition) is 6. The fourth-order valence-electron chi connectivity index (χ4n) is 2.01. The van der Waals surface area contributed by atoms with Crippen LogP contribution in [0.2, 0.25) is 0 Å². The highest BCUT2D eigenvalue weighted by molar-refractivity contribution is 5.52. The number of hydrogen-bond donors (Lipinski definition) is 1. The number of nitrogens with zero attached hydrogens (tertiary/aromatic N) is 5. The summed E-state index contributed by atoms with van der Waals surface area (Å²) in [5, 5.41) is 25.9. The zero-order valence-electron chi connectivity index (χ0n) is 12.5. The molecule has 8 nitrogen and oxygen atoms in total. The molecule has 21 heavy (non-hydrogen) atoms. The minimum absolute atomic E-state index is 0.103. The Balaban J connectivity index is 2.41. The number of aromatic nitrogens is 4. The zero-order chi connectivity index (χ0) is 15.6. The predicted octanol–water partition coefficient (Wildman–Crippen LogP) is 1.69. The summed E-state index contributed by atoms with van der Waals surface area (Å²) in [5.41, 5.74) is 2.19. The molecule has 0 saturated carbocycles. The molecule has 0 bridgehead atoms. The first-order valence-electron chi connectivity index (χ1n) is 6.66. The number of tetrazole rings is 1. The van der Waals surface area contributed by atoms with Gasteiger partial charge in [0.05, 0.1) is 17.2 Å². The second kappa shape index (κ2) is 5.96. The maximum absolute atomic E-state index is 11.0. The highest BCUT2D eigenvalue weighted by atomic mass is 16.6. The molecule has 0 amide bonds. The average molecular weight is 290 g/mol. The molecule has 0 unspecified atom stereocenters. The Morgan fingerprint density at radius 1 is 1.33 bits per heavy atom. The molecule has 1 N–H and O–H groups in total. The lowest BCUT2D eigenvalue weighted by Crippen LogP contribution is -2.24. The number of benzene rings is 1. The first-order chi connectivity index (χ1) is 9.90. The summed E-state index contributed by atoms with van der Waals surface area (Å²) < 4.78 is 1.61. The summed E-state index contributed by atoms with van der Waals surface area (Å²) in [5.74, 6) is 0.667. The normalized spacial score (nSPS) is 11.1. The van der Waals surface area contributed by atoms with Crippen LogP contribution in [0.5, 0.6) is 0 Å². The average Bonchev–Trinajstić information content (AvgIpc) is 2.86. The van der Waals surface area contributed by atoms with Crippen molar-refractivity contribution in [1.82, 2.24) is 25.5 Å². The van der Waals surface area contributed by atoms with Gasteiger partial charge in [-0.1, -0.05) is 13.8 Å². The molecular weight excluding hydrogens is 272 g/mol. The van der Waals surface area contributed by atoms with Crippen molar-refractivity contribution in [3.05, 3.63) is 39.2 Å². The molecule has 112 valence electrons. The molecule has 0 aliphatic rings. The molecule has 0 aliphatic carbocycles. The lowest BCUT2D eigenvalue weighted by atomic mass is 10.1. The Morgan fingerprint density at radius 3 is 2.67 bits per heavy atom. The highest BCUT2D eigenvalue weighted by Crippen LogP contribution is 2.25. The van der Waals surface area contributed by atoms with Crippen LogP contribution in [0.1, 0.15) is 30.8 Å². The summed E-state index contributed by atoms with van der Waals surface area (Å²) in [4.78, 5) is 10.6. The highest BCUT2D eigenvalue weighted by Gasteiger charge is 2.17. The fraction of sp³-hybridized carbons (Fsp3) is 0.462. The Bertz CT molecular complexity index is 665. The van der Waals surface area contributed by atoms with E-state index < -0.39 is 0 Å². The van der Waals surface area contributed by atoms with Crippen LogP contribution in [-0.4, -0.2) is 31.2 Å². The van der Waals surface area contributed by atoms with Gasteiger partial charge in [0.25, 0.3) is 5.69 Å². The third-order valence-electron chi connectivity index (χ3n) is 3.14. The lowest BCUT2D eigenvalue weighted by molar-refractivity contribution is -0.385. The molecule has 0 atom stereocenters. The van der Waals surface area contributed by atoms with Crippen LogP contribution in [-0.2, 0) is 6.54 Å². The summed E-state index contributed by atoms with van der Waals surface area (Å²) in [6.07, 6.45) is 0. The first kappa shape index (κ1) is 15.0. The van der Waals surface area contributed by atoms with Crippen LogP contribution >= 0.6 is 0 Å². The van der Waals surface area contributed by atoms with Crippen LogP contribution in [0.3, 0.4) is 0 Å². The second-order valence-electron chi connectivity index (χ2n) is 5.22. The van der Waals surface area contributed by atoms with E-state index in [9.17, 15) is 10.1 Å². The number of aryl methyl sites for hydroxylation is 2. The lowest BCUT2D eigenvalue weighted by Gasteiger charge is -2.11. The Kier molecular flexibility index (Phi) is 4.27. The van der Waals surface area contributed by atoms with E-state index in [0.717, 1.165) is 11.3 Å². The first-order valence-corrected chi connectivity index (χ1v) is 6.66. The molecule has 0 saturated heterocycles. The van der Waals surface area contributed by atoms with Gasteiger partial charge in [0.1, 0.15) is 0 Å². The number of nitro benzene ring substituents is 1. The largest absolute Gasteiger partial charge is 0.308 e. The van der Waals surface area contributed by atoms with E-state index in [2.05, 4.69) is 20.8 Å². The van der Waals surface area contributed by atoms with Gasteiger partial charge in [-0.25, -0.2) is 0 Å². The van der Waals surface area contributed by atoms with Crippen molar-refractivity contribution < 1.29 is 4.92 Å². The molecule has 0 fully saturated rings. The van der Waals surface area contributed by atoms with Gasteiger partial charge < -0.3 is 5.32 Å². The standard InChI is InChI=1S/C13H18N6O2/c1-8(2)14-7-13-15-16-17-18(13)11-5-10(4)12(19(20)21)6-9(11)3/h5-6,8,14H,7H2,1-4H3. The van der Waals surface area contributed by atoms with Gasteiger partial charge in [-0.15, -0.1) is 5.10 Å². The molecule has 2 rings (SSSR count).